The molecule has 198 valence electrons. The Bertz CT molecular complexity index is 1210. The monoisotopic (exact) mass is 580 g/mol. The molecule has 0 aliphatic heterocycles. The van der Waals surface area contributed by atoms with E-state index in [1.54, 1.807) is 19.9 Å². The highest BCUT2D eigenvalue weighted by Crippen LogP contribution is 2.26. The first-order valence-electron chi connectivity index (χ1n) is 11.7. The van der Waals surface area contributed by atoms with Gasteiger partial charge in [0.2, 0.25) is 11.8 Å². The van der Waals surface area contributed by atoms with Crippen molar-refractivity contribution in [2.75, 3.05) is 24.9 Å². The maximum atomic E-state index is 13.8. The summed E-state index contributed by atoms with van der Waals surface area (Å²) in [6.07, 6.45) is 0. The number of nitrogens with one attached hydrogen (secondary N) is 1. The summed E-state index contributed by atoms with van der Waals surface area (Å²) in [5.74, 6) is -0.808. The summed E-state index contributed by atoms with van der Waals surface area (Å²) in [5.41, 5.74) is 2.32. The first-order chi connectivity index (χ1) is 16.5. The number of anilines is 1. The molecule has 0 saturated carbocycles. The third-order valence-corrected chi connectivity index (χ3v) is 7.86. The summed E-state index contributed by atoms with van der Waals surface area (Å²) in [6, 6.07) is 12.1. The van der Waals surface area contributed by atoms with Crippen LogP contribution in [0.5, 0.6) is 0 Å². The molecular formula is C26H37BrN4O4S. The molecule has 1 atom stereocenters. The molecule has 0 aliphatic carbocycles. The van der Waals surface area contributed by atoms with E-state index in [9.17, 15) is 18.0 Å². The number of carbonyl (C=O) groups is 2. The van der Waals surface area contributed by atoms with Crippen molar-refractivity contribution >= 4 is 43.6 Å². The Hall–Kier alpha value is -2.43. The number of hydrogen-bond donors (Lipinski definition) is 1. The van der Waals surface area contributed by atoms with Crippen LogP contribution in [0.3, 0.4) is 0 Å². The molecule has 0 radical (unpaired) electrons. The molecule has 8 nitrogen and oxygen atoms in total. The molecule has 10 heteroatoms. The Morgan fingerprint density at radius 3 is 2.25 bits per heavy atom. The summed E-state index contributed by atoms with van der Waals surface area (Å²) in [7, 11) is -1.15. The van der Waals surface area contributed by atoms with E-state index in [2.05, 4.69) is 21.2 Å². The molecule has 2 aromatic rings. The molecule has 0 bridgehead atoms. The van der Waals surface area contributed by atoms with Gasteiger partial charge in [-0.2, -0.15) is 12.7 Å². The quantitative estimate of drug-likeness (QED) is 0.485. The molecular weight excluding hydrogens is 544 g/mol. The first kappa shape index (κ1) is 29.8. The van der Waals surface area contributed by atoms with Crippen LogP contribution in [0.25, 0.3) is 0 Å². The van der Waals surface area contributed by atoms with Crippen molar-refractivity contribution in [2.45, 2.75) is 59.7 Å². The van der Waals surface area contributed by atoms with Gasteiger partial charge in [-0.1, -0.05) is 40.2 Å². The number of hydrogen-bond acceptors (Lipinski definition) is 4. The zero-order valence-corrected chi connectivity index (χ0v) is 24.7. The third kappa shape index (κ3) is 7.78. The lowest BCUT2D eigenvalue weighted by atomic mass is 10.1. The van der Waals surface area contributed by atoms with E-state index in [1.807, 2.05) is 64.1 Å². The molecule has 2 rings (SSSR count). The largest absolute Gasteiger partial charge is 0.350 e. The van der Waals surface area contributed by atoms with Gasteiger partial charge in [0.15, 0.2) is 0 Å². The zero-order chi connectivity index (χ0) is 27.4. The van der Waals surface area contributed by atoms with Crippen molar-refractivity contribution in [2.24, 2.45) is 0 Å². The van der Waals surface area contributed by atoms with E-state index in [0.717, 1.165) is 29.8 Å². The summed E-state index contributed by atoms with van der Waals surface area (Å²) >= 11 is 3.45. The van der Waals surface area contributed by atoms with Crippen LogP contribution in [0, 0.1) is 13.8 Å². The summed E-state index contributed by atoms with van der Waals surface area (Å²) in [5, 5.41) is 2.92. The minimum absolute atomic E-state index is 0.139. The number of rotatable bonds is 9. The van der Waals surface area contributed by atoms with Crippen LogP contribution in [0.15, 0.2) is 46.9 Å². The number of amides is 2. The Morgan fingerprint density at radius 1 is 1.06 bits per heavy atom. The van der Waals surface area contributed by atoms with Gasteiger partial charge in [0.1, 0.15) is 12.6 Å². The van der Waals surface area contributed by atoms with Gasteiger partial charge in [-0.3, -0.25) is 9.59 Å². The molecule has 2 amide bonds. The molecule has 0 aromatic heterocycles. The van der Waals surface area contributed by atoms with E-state index in [4.69, 9.17) is 0 Å². The van der Waals surface area contributed by atoms with E-state index in [-0.39, 0.29) is 12.5 Å². The summed E-state index contributed by atoms with van der Waals surface area (Å²) < 4.78 is 29.7. The average molecular weight is 582 g/mol. The average Bonchev–Trinajstić information content (AvgIpc) is 2.75. The van der Waals surface area contributed by atoms with E-state index < -0.39 is 34.2 Å². The van der Waals surface area contributed by atoms with Gasteiger partial charge < -0.3 is 10.2 Å². The highest BCUT2D eigenvalue weighted by Gasteiger charge is 2.34. The van der Waals surface area contributed by atoms with Gasteiger partial charge in [0.25, 0.3) is 0 Å². The van der Waals surface area contributed by atoms with Crippen molar-refractivity contribution in [1.82, 2.24) is 14.5 Å². The number of benzene rings is 2. The summed E-state index contributed by atoms with van der Waals surface area (Å²) in [6.45, 7) is 10.6. The van der Waals surface area contributed by atoms with Gasteiger partial charge >= 0.3 is 10.2 Å². The van der Waals surface area contributed by atoms with Gasteiger partial charge in [-0.25, -0.2) is 4.31 Å². The van der Waals surface area contributed by atoms with Gasteiger partial charge in [-0.05, 0) is 76.4 Å². The number of carbonyl (C=O) groups excluding carboxylic acids is 2. The third-order valence-electron chi connectivity index (χ3n) is 5.56. The minimum Gasteiger partial charge on any atom is -0.350 e. The molecule has 36 heavy (non-hydrogen) atoms. The Kier molecular flexibility index (Phi) is 9.72. The van der Waals surface area contributed by atoms with Crippen LogP contribution >= 0.6 is 15.9 Å². The van der Waals surface area contributed by atoms with E-state index in [0.29, 0.717) is 5.69 Å². The Balaban J connectivity index is 2.53. The standard InChI is InChI=1S/C26H37BrN4O4S/c1-18-12-13-19(2)23(14-18)31(36(34,35)29(7)8)17-24(32)30(16-21-10-9-11-22(27)15-21)20(3)25(33)28-26(4,5)6/h9-15,20H,16-17H2,1-8H3,(H,28,33)/t20-/m0/s1. The van der Waals surface area contributed by atoms with Crippen molar-refractivity contribution in [1.29, 1.82) is 0 Å². The van der Waals surface area contributed by atoms with Crippen molar-refractivity contribution < 1.29 is 18.0 Å². The number of nitrogens with zero attached hydrogens (tertiary/aromatic N) is 3. The smallest absolute Gasteiger partial charge is 0.304 e. The van der Waals surface area contributed by atoms with E-state index in [1.165, 1.54) is 19.0 Å². The lowest BCUT2D eigenvalue weighted by molar-refractivity contribution is -0.140. The maximum absolute atomic E-state index is 13.8. The lowest BCUT2D eigenvalue weighted by Crippen LogP contribution is -2.55. The second-order valence-corrected chi connectivity index (χ2v) is 13.1. The molecule has 0 fully saturated rings. The molecule has 0 saturated heterocycles. The second kappa shape index (κ2) is 11.7. The zero-order valence-electron chi connectivity index (χ0n) is 22.3. The molecule has 0 unspecified atom stereocenters. The SMILES string of the molecule is Cc1ccc(C)c(N(CC(=O)N(Cc2cccc(Br)c2)[C@@H](C)C(=O)NC(C)(C)C)S(=O)(=O)N(C)C)c1. The van der Waals surface area contributed by atoms with E-state index >= 15 is 0 Å². The Labute approximate surface area is 224 Å². The van der Waals surface area contributed by atoms with Crippen LogP contribution in [0.2, 0.25) is 0 Å². The van der Waals surface area contributed by atoms with Crippen molar-refractivity contribution in [3.05, 3.63) is 63.6 Å². The fourth-order valence-electron chi connectivity index (χ4n) is 3.58. The molecule has 0 heterocycles. The predicted octanol–water partition coefficient (Wildman–Crippen LogP) is 4.01. The molecule has 0 spiro atoms. The minimum atomic E-state index is -4.00. The van der Waals surface area contributed by atoms with Crippen LogP contribution in [0.4, 0.5) is 5.69 Å². The summed E-state index contributed by atoms with van der Waals surface area (Å²) in [4.78, 5) is 28.3. The normalized spacial score (nSPS) is 12.8. The molecule has 1 N–H and O–H groups in total. The van der Waals surface area contributed by atoms with Crippen molar-refractivity contribution in [3.63, 3.8) is 0 Å². The topological polar surface area (TPSA) is 90.0 Å². The molecule has 2 aromatic carbocycles. The van der Waals surface area contributed by atoms with Crippen molar-refractivity contribution in [3.8, 4) is 0 Å². The van der Waals surface area contributed by atoms with Gasteiger partial charge in [0.05, 0.1) is 5.69 Å². The van der Waals surface area contributed by atoms with Gasteiger partial charge in [-0.15, -0.1) is 0 Å². The van der Waals surface area contributed by atoms with Crippen LogP contribution in [-0.2, 0) is 26.3 Å². The van der Waals surface area contributed by atoms with Crippen LogP contribution in [-0.4, -0.2) is 61.7 Å². The Morgan fingerprint density at radius 2 is 1.69 bits per heavy atom. The second-order valence-electron chi connectivity index (χ2n) is 10.2. The van der Waals surface area contributed by atoms with Crippen LogP contribution in [0.1, 0.15) is 44.4 Å². The highest BCUT2D eigenvalue weighted by atomic mass is 79.9. The highest BCUT2D eigenvalue weighted by molar-refractivity contribution is 9.10. The first-order valence-corrected chi connectivity index (χ1v) is 13.9. The number of aryl methyl sites for hydroxylation is 2. The fraction of sp³-hybridized carbons (Fsp3) is 0.462. The van der Waals surface area contributed by atoms with Crippen LogP contribution < -0.4 is 9.62 Å². The molecule has 0 aliphatic rings. The fourth-order valence-corrected chi connectivity index (χ4v) is 5.14. The predicted molar refractivity (Wildman–Crippen MR) is 148 cm³/mol. The van der Waals surface area contributed by atoms with Gasteiger partial charge in [0, 0.05) is 30.7 Å². The maximum Gasteiger partial charge on any atom is 0.304 e. The lowest BCUT2D eigenvalue weighted by Gasteiger charge is -2.34. The number of halogens is 1.